The second-order valence-electron chi connectivity index (χ2n) is 4.24. The van der Waals surface area contributed by atoms with Gasteiger partial charge in [-0.15, -0.1) is 0 Å². The summed E-state index contributed by atoms with van der Waals surface area (Å²) in [6, 6.07) is 6.86. The predicted octanol–water partition coefficient (Wildman–Crippen LogP) is 1.27. The van der Waals surface area contributed by atoms with Crippen molar-refractivity contribution in [1.29, 1.82) is 0 Å². The molecule has 0 spiro atoms. The predicted molar refractivity (Wildman–Crippen MR) is 64.4 cm³/mol. The first-order chi connectivity index (χ1) is 8.72. The van der Waals surface area contributed by atoms with Crippen molar-refractivity contribution in [3.05, 3.63) is 29.8 Å². The molecular weight excluding hydrogens is 240 g/mol. The summed E-state index contributed by atoms with van der Waals surface area (Å²) >= 11 is 0. The first kappa shape index (κ1) is 13.2. The van der Waals surface area contributed by atoms with Gasteiger partial charge in [-0.2, -0.15) is 8.78 Å². The Hall–Kier alpha value is -1.24. The molecule has 2 unspecified atom stereocenters. The van der Waals surface area contributed by atoms with Gasteiger partial charge < -0.3 is 10.1 Å². The lowest BCUT2D eigenvalue weighted by molar-refractivity contribution is -0.0507. The first-order valence-corrected chi connectivity index (χ1v) is 5.89. The molecule has 6 heteroatoms. The molecule has 1 heterocycles. The summed E-state index contributed by atoms with van der Waals surface area (Å²) in [5, 5.41) is 3.10. The largest absolute Gasteiger partial charge is 0.434 e. The molecule has 100 valence electrons. The van der Waals surface area contributed by atoms with Crippen LogP contribution in [0.5, 0.6) is 5.75 Å². The normalized spacial score (nSPS) is 23.6. The summed E-state index contributed by atoms with van der Waals surface area (Å²) in [5.74, 6) is 0.521. The summed E-state index contributed by atoms with van der Waals surface area (Å²) in [6.45, 7) is -1.22. The van der Waals surface area contributed by atoms with E-state index in [1.165, 1.54) is 0 Å². The Morgan fingerprint density at radius 2 is 2.22 bits per heavy atom. The number of alkyl halides is 2. The van der Waals surface area contributed by atoms with Crippen LogP contribution in [0.4, 0.5) is 8.78 Å². The zero-order valence-corrected chi connectivity index (χ0v) is 10.1. The summed E-state index contributed by atoms with van der Waals surface area (Å²) in [7, 11) is 1.87. The van der Waals surface area contributed by atoms with Crippen molar-refractivity contribution in [2.45, 2.75) is 12.7 Å². The highest BCUT2D eigenvalue weighted by molar-refractivity contribution is 5.37. The molecule has 3 N–H and O–H groups in total. The Balaban J connectivity index is 2.20. The molecule has 0 radical (unpaired) electrons. The fourth-order valence-corrected chi connectivity index (χ4v) is 2.26. The Morgan fingerprint density at radius 1 is 1.44 bits per heavy atom. The van der Waals surface area contributed by atoms with Crippen molar-refractivity contribution in [2.24, 2.45) is 5.92 Å². The van der Waals surface area contributed by atoms with Crippen molar-refractivity contribution in [2.75, 3.05) is 20.1 Å². The van der Waals surface area contributed by atoms with E-state index in [0.29, 0.717) is 0 Å². The molecule has 18 heavy (non-hydrogen) atoms. The van der Waals surface area contributed by atoms with Gasteiger partial charge in [-0.25, -0.2) is 5.43 Å². The maximum absolute atomic E-state index is 12.4. The lowest BCUT2D eigenvalue weighted by Crippen LogP contribution is -2.27. The van der Waals surface area contributed by atoms with Crippen LogP contribution >= 0.6 is 0 Å². The smallest absolute Gasteiger partial charge is 0.387 e. The summed E-state index contributed by atoms with van der Waals surface area (Å²) in [5.41, 5.74) is 6.91. The number of para-hydroxylation sites is 1. The molecule has 1 aromatic rings. The number of benzene rings is 1. The second kappa shape index (κ2) is 6.08. The van der Waals surface area contributed by atoms with Crippen LogP contribution in [0.3, 0.4) is 0 Å². The Bertz CT molecular complexity index is 389. The molecule has 0 saturated carbocycles. The Morgan fingerprint density at radius 3 is 2.94 bits per heavy atom. The number of nitrogens with one attached hydrogen (secondary N) is 3. The molecule has 2 atom stereocenters. The van der Waals surface area contributed by atoms with Crippen LogP contribution in [-0.4, -0.2) is 26.7 Å². The first-order valence-electron chi connectivity index (χ1n) is 5.89. The van der Waals surface area contributed by atoms with Crippen LogP contribution in [0.25, 0.3) is 0 Å². The maximum Gasteiger partial charge on any atom is 0.387 e. The zero-order chi connectivity index (χ0) is 13.0. The van der Waals surface area contributed by atoms with Gasteiger partial charge in [-0.3, -0.25) is 5.43 Å². The van der Waals surface area contributed by atoms with Gasteiger partial charge in [0.1, 0.15) is 5.75 Å². The fraction of sp³-hybridized carbons (Fsp3) is 0.500. The number of hydrogen-bond acceptors (Lipinski definition) is 4. The monoisotopic (exact) mass is 257 g/mol. The highest BCUT2D eigenvalue weighted by Crippen LogP contribution is 2.32. The van der Waals surface area contributed by atoms with Crippen molar-refractivity contribution >= 4 is 0 Å². The zero-order valence-electron chi connectivity index (χ0n) is 10.1. The van der Waals surface area contributed by atoms with Crippen LogP contribution < -0.4 is 20.9 Å². The number of hydrogen-bond donors (Lipinski definition) is 3. The minimum Gasteiger partial charge on any atom is -0.434 e. The van der Waals surface area contributed by atoms with Gasteiger partial charge in [-0.1, -0.05) is 18.2 Å². The van der Waals surface area contributed by atoms with E-state index in [1.807, 2.05) is 19.2 Å². The van der Waals surface area contributed by atoms with Crippen molar-refractivity contribution in [3.63, 3.8) is 0 Å². The SMILES string of the molecule is CNCC1CNNC1c1ccccc1OC(F)F. The van der Waals surface area contributed by atoms with E-state index < -0.39 is 6.61 Å². The van der Waals surface area contributed by atoms with Crippen LogP contribution in [0, 0.1) is 5.92 Å². The average Bonchev–Trinajstić information content (AvgIpc) is 2.78. The van der Waals surface area contributed by atoms with Crippen LogP contribution in [0.15, 0.2) is 24.3 Å². The molecule has 1 aromatic carbocycles. The van der Waals surface area contributed by atoms with E-state index >= 15 is 0 Å². The molecule has 2 rings (SSSR count). The Labute approximate surface area is 105 Å². The van der Waals surface area contributed by atoms with Crippen LogP contribution in [0.2, 0.25) is 0 Å². The number of ether oxygens (including phenoxy) is 1. The third-order valence-electron chi connectivity index (χ3n) is 3.03. The minimum absolute atomic E-state index is 0.0348. The lowest BCUT2D eigenvalue weighted by atomic mass is 9.94. The topological polar surface area (TPSA) is 45.3 Å². The third-order valence-corrected chi connectivity index (χ3v) is 3.03. The van der Waals surface area contributed by atoms with Gasteiger partial charge in [0.15, 0.2) is 0 Å². The molecule has 0 aromatic heterocycles. The number of halogens is 2. The fourth-order valence-electron chi connectivity index (χ4n) is 2.26. The van der Waals surface area contributed by atoms with Crippen molar-refractivity contribution in [1.82, 2.24) is 16.2 Å². The average molecular weight is 257 g/mol. The van der Waals surface area contributed by atoms with Gasteiger partial charge >= 0.3 is 6.61 Å². The van der Waals surface area contributed by atoms with E-state index in [2.05, 4.69) is 20.9 Å². The molecule has 1 fully saturated rings. The van der Waals surface area contributed by atoms with E-state index in [1.54, 1.807) is 12.1 Å². The molecule has 1 saturated heterocycles. The van der Waals surface area contributed by atoms with E-state index in [-0.39, 0.29) is 17.7 Å². The van der Waals surface area contributed by atoms with Gasteiger partial charge in [0, 0.05) is 24.6 Å². The Kier molecular flexibility index (Phi) is 4.46. The van der Waals surface area contributed by atoms with E-state index in [9.17, 15) is 8.78 Å². The lowest BCUT2D eigenvalue weighted by Gasteiger charge is -2.21. The molecule has 1 aliphatic heterocycles. The highest BCUT2D eigenvalue weighted by atomic mass is 19.3. The molecular formula is C12H17F2N3O. The van der Waals surface area contributed by atoms with Crippen molar-refractivity contribution in [3.8, 4) is 5.75 Å². The maximum atomic E-state index is 12.4. The molecule has 1 aliphatic rings. The van der Waals surface area contributed by atoms with Crippen molar-refractivity contribution < 1.29 is 13.5 Å². The molecule has 0 amide bonds. The quantitative estimate of drug-likeness (QED) is 0.743. The number of hydrazine groups is 1. The second-order valence-corrected chi connectivity index (χ2v) is 4.24. The molecule has 0 aliphatic carbocycles. The van der Waals surface area contributed by atoms with E-state index in [0.717, 1.165) is 18.7 Å². The highest BCUT2D eigenvalue weighted by Gasteiger charge is 2.30. The number of rotatable bonds is 5. The van der Waals surface area contributed by atoms with Gasteiger partial charge in [0.2, 0.25) is 0 Å². The van der Waals surface area contributed by atoms with Crippen LogP contribution in [-0.2, 0) is 0 Å². The van der Waals surface area contributed by atoms with E-state index in [4.69, 9.17) is 0 Å². The van der Waals surface area contributed by atoms with Gasteiger partial charge in [0.05, 0.1) is 6.04 Å². The van der Waals surface area contributed by atoms with Crippen LogP contribution in [0.1, 0.15) is 11.6 Å². The summed E-state index contributed by atoms with van der Waals surface area (Å²) < 4.78 is 29.3. The van der Waals surface area contributed by atoms with Gasteiger partial charge in [0.25, 0.3) is 0 Å². The molecule has 0 bridgehead atoms. The third kappa shape index (κ3) is 2.95. The standard InChI is InChI=1S/C12H17F2N3O/c1-15-6-8-7-16-17-11(8)9-4-2-3-5-10(9)18-12(13)14/h2-5,8,11-12,15-17H,6-7H2,1H3. The summed E-state index contributed by atoms with van der Waals surface area (Å²) in [6.07, 6.45) is 0. The summed E-state index contributed by atoms with van der Waals surface area (Å²) in [4.78, 5) is 0. The van der Waals surface area contributed by atoms with Gasteiger partial charge in [-0.05, 0) is 13.1 Å². The minimum atomic E-state index is -2.80. The molecule has 4 nitrogen and oxygen atoms in total.